The van der Waals surface area contributed by atoms with Crippen molar-refractivity contribution in [2.24, 2.45) is 0 Å². The summed E-state index contributed by atoms with van der Waals surface area (Å²) in [6, 6.07) is 15.1. The molecule has 25 heavy (non-hydrogen) atoms. The molecule has 0 fully saturated rings. The minimum absolute atomic E-state index is 0.0540. The number of methoxy groups -OCH3 is 1. The molecule has 2 aromatic carbocycles. The van der Waals surface area contributed by atoms with Crippen molar-refractivity contribution in [3.05, 3.63) is 60.0 Å². The number of carbonyl (C=O) groups excluding carboxylic acids is 1. The van der Waals surface area contributed by atoms with Gasteiger partial charge in [-0.25, -0.2) is 0 Å². The molecule has 0 atom stereocenters. The number of aryl methyl sites for hydroxylation is 2. The molecule has 6 heteroatoms. The number of anilines is 1. The van der Waals surface area contributed by atoms with E-state index in [1.165, 1.54) is 0 Å². The van der Waals surface area contributed by atoms with Crippen molar-refractivity contribution < 1.29 is 13.9 Å². The molecule has 0 aliphatic rings. The first-order valence-electron chi connectivity index (χ1n) is 7.97. The lowest BCUT2D eigenvalue weighted by Crippen LogP contribution is -2.12. The average molecular weight is 337 g/mol. The Morgan fingerprint density at radius 1 is 1.16 bits per heavy atom. The lowest BCUT2D eigenvalue weighted by molar-refractivity contribution is -0.116. The van der Waals surface area contributed by atoms with E-state index in [9.17, 15) is 4.79 Å². The summed E-state index contributed by atoms with van der Waals surface area (Å²) < 4.78 is 10.6. The summed E-state index contributed by atoms with van der Waals surface area (Å²) in [4.78, 5) is 12.2. The maximum Gasteiger partial charge on any atom is 0.247 e. The zero-order valence-electron chi connectivity index (χ0n) is 14.2. The lowest BCUT2D eigenvalue weighted by Gasteiger charge is -2.07. The number of aromatic nitrogens is 2. The molecule has 3 rings (SSSR count). The largest absolute Gasteiger partial charge is 0.497 e. The second kappa shape index (κ2) is 7.61. The SMILES string of the molecule is COc1cccc(CCC(=O)Nc2cccc(-c3nnc(C)o3)c2)c1. The van der Waals surface area contributed by atoms with Crippen LogP contribution in [0.2, 0.25) is 0 Å². The summed E-state index contributed by atoms with van der Waals surface area (Å²) >= 11 is 0. The molecule has 0 saturated heterocycles. The number of rotatable bonds is 6. The number of hydrogen-bond donors (Lipinski definition) is 1. The van der Waals surface area contributed by atoms with Gasteiger partial charge in [0.2, 0.25) is 17.7 Å². The minimum atomic E-state index is -0.0540. The Hall–Kier alpha value is -3.15. The van der Waals surface area contributed by atoms with Gasteiger partial charge in [-0.15, -0.1) is 10.2 Å². The van der Waals surface area contributed by atoms with Crippen LogP contribution in [-0.4, -0.2) is 23.2 Å². The van der Waals surface area contributed by atoms with Crippen molar-refractivity contribution in [3.63, 3.8) is 0 Å². The highest BCUT2D eigenvalue weighted by atomic mass is 16.5. The Kier molecular flexibility index (Phi) is 5.09. The second-order valence-electron chi connectivity index (χ2n) is 5.61. The van der Waals surface area contributed by atoms with Gasteiger partial charge in [-0.3, -0.25) is 4.79 Å². The Morgan fingerprint density at radius 2 is 2.00 bits per heavy atom. The highest BCUT2D eigenvalue weighted by Gasteiger charge is 2.08. The standard InChI is InChI=1S/C19H19N3O3/c1-13-21-22-19(25-13)15-6-4-7-16(12-15)20-18(23)10-9-14-5-3-8-17(11-14)24-2/h3-8,11-12H,9-10H2,1-2H3,(H,20,23). The third-order valence-electron chi connectivity index (χ3n) is 3.69. The fourth-order valence-electron chi connectivity index (χ4n) is 2.45. The highest BCUT2D eigenvalue weighted by Crippen LogP contribution is 2.21. The van der Waals surface area contributed by atoms with E-state index < -0.39 is 0 Å². The van der Waals surface area contributed by atoms with Crippen molar-refractivity contribution in [2.75, 3.05) is 12.4 Å². The zero-order chi connectivity index (χ0) is 17.6. The lowest BCUT2D eigenvalue weighted by atomic mass is 10.1. The van der Waals surface area contributed by atoms with Crippen molar-refractivity contribution in [1.82, 2.24) is 10.2 Å². The van der Waals surface area contributed by atoms with Crippen LogP contribution in [0.1, 0.15) is 17.9 Å². The number of carbonyl (C=O) groups is 1. The van der Waals surface area contributed by atoms with E-state index in [0.29, 0.717) is 30.3 Å². The van der Waals surface area contributed by atoms with E-state index in [4.69, 9.17) is 9.15 Å². The highest BCUT2D eigenvalue weighted by molar-refractivity contribution is 5.91. The van der Waals surface area contributed by atoms with E-state index in [0.717, 1.165) is 16.9 Å². The molecular formula is C19H19N3O3. The Morgan fingerprint density at radius 3 is 2.76 bits per heavy atom. The summed E-state index contributed by atoms with van der Waals surface area (Å²) in [5.74, 6) is 1.68. The molecule has 3 aromatic rings. The first kappa shape index (κ1) is 16.7. The molecule has 0 aliphatic heterocycles. The summed E-state index contributed by atoms with van der Waals surface area (Å²) in [5.41, 5.74) is 2.53. The van der Waals surface area contributed by atoms with Crippen molar-refractivity contribution >= 4 is 11.6 Å². The number of hydrogen-bond acceptors (Lipinski definition) is 5. The molecule has 0 saturated carbocycles. The first-order valence-corrected chi connectivity index (χ1v) is 7.97. The quantitative estimate of drug-likeness (QED) is 0.743. The fraction of sp³-hybridized carbons (Fsp3) is 0.211. The third-order valence-corrected chi connectivity index (χ3v) is 3.69. The smallest absolute Gasteiger partial charge is 0.247 e. The van der Waals surface area contributed by atoms with Crippen molar-refractivity contribution in [2.45, 2.75) is 19.8 Å². The van der Waals surface area contributed by atoms with Crippen LogP contribution < -0.4 is 10.1 Å². The van der Waals surface area contributed by atoms with Crippen LogP contribution in [0.5, 0.6) is 5.75 Å². The van der Waals surface area contributed by atoms with Gasteiger partial charge < -0.3 is 14.5 Å². The maximum atomic E-state index is 12.2. The summed E-state index contributed by atoms with van der Waals surface area (Å²) in [6.45, 7) is 1.74. The molecule has 0 spiro atoms. The number of ether oxygens (including phenoxy) is 1. The van der Waals surface area contributed by atoms with Crippen LogP contribution in [-0.2, 0) is 11.2 Å². The van der Waals surface area contributed by atoms with Gasteiger partial charge in [0.05, 0.1) is 7.11 Å². The van der Waals surface area contributed by atoms with Crippen LogP contribution in [0.25, 0.3) is 11.5 Å². The molecule has 0 aliphatic carbocycles. The molecule has 1 heterocycles. The van der Waals surface area contributed by atoms with E-state index in [2.05, 4.69) is 15.5 Å². The van der Waals surface area contributed by atoms with Gasteiger partial charge >= 0.3 is 0 Å². The number of nitrogens with zero attached hydrogens (tertiary/aromatic N) is 2. The van der Waals surface area contributed by atoms with Gasteiger partial charge in [-0.1, -0.05) is 18.2 Å². The molecule has 1 N–H and O–H groups in total. The number of benzene rings is 2. The number of amides is 1. The van der Waals surface area contributed by atoms with Gasteiger partial charge in [-0.2, -0.15) is 0 Å². The van der Waals surface area contributed by atoms with E-state index in [-0.39, 0.29) is 5.91 Å². The first-order chi connectivity index (χ1) is 12.1. The number of nitrogens with one attached hydrogen (secondary N) is 1. The van der Waals surface area contributed by atoms with Gasteiger partial charge in [0.1, 0.15) is 5.75 Å². The molecule has 0 bridgehead atoms. The molecular weight excluding hydrogens is 318 g/mol. The van der Waals surface area contributed by atoms with Crippen LogP contribution in [0, 0.1) is 6.92 Å². The van der Waals surface area contributed by atoms with Crippen molar-refractivity contribution in [1.29, 1.82) is 0 Å². The second-order valence-corrected chi connectivity index (χ2v) is 5.61. The predicted molar refractivity (Wildman–Crippen MR) is 94.4 cm³/mol. The Balaban J connectivity index is 1.61. The van der Waals surface area contributed by atoms with Crippen LogP contribution in [0.3, 0.4) is 0 Å². The van der Waals surface area contributed by atoms with Crippen LogP contribution in [0.4, 0.5) is 5.69 Å². The average Bonchev–Trinajstić information content (AvgIpc) is 3.07. The zero-order valence-corrected chi connectivity index (χ0v) is 14.2. The van der Waals surface area contributed by atoms with Gasteiger partial charge in [0.25, 0.3) is 0 Å². The molecule has 0 unspecified atom stereocenters. The van der Waals surface area contributed by atoms with Gasteiger partial charge in [-0.05, 0) is 42.3 Å². The maximum absolute atomic E-state index is 12.2. The topological polar surface area (TPSA) is 77.2 Å². The molecule has 6 nitrogen and oxygen atoms in total. The minimum Gasteiger partial charge on any atom is -0.497 e. The monoisotopic (exact) mass is 337 g/mol. The molecule has 1 aromatic heterocycles. The van der Waals surface area contributed by atoms with E-state index in [1.807, 2.05) is 48.5 Å². The predicted octanol–water partition coefficient (Wildman–Crippen LogP) is 3.62. The summed E-state index contributed by atoms with van der Waals surface area (Å²) in [7, 11) is 1.63. The van der Waals surface area contributed by atoms with Crippen molar-refractivity contribution in [3.8, 4) is 17.2 Å². The molecule has 1 amide bonds. The molecule has 128 valence electrons. The van der Waals surface area contributed by atoms with Gasteiger partial charge in [0, 0.05) is 24.6 Å². The summed E-state index contributed by atoms with van der Waals surface area (Å²) in [5, 5.41) is 10.7. The van der Waals surface area contributed by atoms with Crippen LogP contribution in [0.15, 0.2) is 52.9 Å². The third kappa shape index (κ3) is 4.44. The van der Waals surface area contributed by atoms with E-state index in [1.54, 1.807) is 14.0 Å². The normalized spacial score (nSPS) is 10.5. The van der Waals surface area contributed by atoms with E-state index >= 15 is 0 Å². The Bertz CT molecular complexity index is 874. The fourth-order valence-corrected chi connectivity index (χ4v) is 2.45. The molecule has 0 radical (unpaired) electrons. The Labute approximate surface area is 145 Å². The van der Waals surface area contributed by atoms with Gasteiger partial charge in [0.15, 0.2) is 0 Å². The van der Waals surface area contributed by atoms with Crippen LogP contribution >= 0.6 is 0 Å². The summed E-state index contributed by atoms with van der Waals surface area (Å²) in [6.07, 6.45) is 1.03.